The molecule has 2 heterocycles. The van der Waals surface area contributed by atoms with E-state index in [1.807, 2.05) is 28.8 Å². The first-order valence-corrected chi connectivity index (χ1v) is 10.4. The van der Waals surface area contributed by atoms with E-state index < -0.39 is 5.82 Å². The lowest BCUT2D eigenvalue weighted by Crippen LogP contribution is -2.36. The van der Waals surface area contributed by atoms with Gasteiger partial charge in [-0.05, 0) is 48.9 Å². The maximum atomic E-state index is 13.5. The fourth-order valence-corrected chi connectivity index (χ4v) is 3.84. The van der Waals surface area contributed by atoms with E-state index in [-0.39, 0.29) is 5.91 Å². The van der Waals surface area contributed by atoms with Crippen LogP contribution in [0.3, 0.4) is 0 Å². The molecule has 7 nitrogen and oxygen atoms in total. The second kappa shape index (κ2) is 9.45. The molecular weight excluding hydrogens is 421 g/mol. The highest BCUT2D eigenvalue weighted by atomic mass is 35.5. The summed E-state index contributed by atoms with van der Waals surface area (Å²) in [6.07, 6.45) is 0.758. The predicted octanol–water partition coefficient (Wildman–Crippen LogP) is 3.56. The maximum Gasteiger partial charge on any atom is 0.254 e. The second-order valence-electron chi connectivity index (χ2n) is 7.30. The largest absolute Gasteiger partial charge is 0.377 e. The Morgan fingerprint density at radius 1 is 1.10 bits per heavy atom. The molecule has 0 atom stereocenters. The van der Waals surface area contributed by atoms with Crippen LogP contribution in [0.15, 0.2) is 48.5 Å². The Morgan fingerprint density at radius 2 is 1.90 bits per heavy atom. The van der Waals surface area contributed by atoms with Crippen molar-refractivity contribution < 1.29 is 13.9 Å². The van der Waals surface area contributed by atoms with Crippen LogP contribution >= 0.6 is 11.6 Å². The van der Waals surface area contributed by atoms with Crippen LogP contribution in [0.1, 0.15) is 22.6 Å². The zero-order chi connectivity index (χ0) is 21.8. The molecule has 3 aromatic rings. The van der Waals surface area contributed by atoms with Gasteiger partial charge in [-0.25, -0.2) is 4.39 Å². The van der Waals surface area contributed by atoms with Crippen molar-refractivity contribution in [2.75, 3.05) is 38.2 Å². The van der Waals surface area contributed by atoms with Gasteiger partial charge in [0.15, 0.2) is 5.82 Å². The summed E-state index contributed by atoms with van der Waals surface area (Å²) in [4.78, 5) is 16.7. The highest BCUT2D eigenvalue weighted by Gasteiger charge is 2.25. The quantitative estimate of drug-likeness (QED) is 0.603. The molecule has 0 N–H and O–H groups in total. The topological polar surface area (TPSA) is 63.5 Å². The minimum Gasteiger partial charge on any atom is -0.377 e. The van der Waals surface area contributed by atoms with Crippen LogP contribution in [0.4, 0.5) is 10.3 Å². The normalized spacial score (nSPS) is 14.5. The maximum absolute atomic E-state index is 13.5. The van der Waals surface area contributed by atoms with Gasteiger partial charge in [0, 0.05) is 43.9 Å². The van der Waals surface area contributed by atoms with Crippen molar-refractivity contribution in [3.8, 4) is 5.69 Å². The van der Waals surface area contributed by atoms with Gasteiger partial charge in [0.1, 0.15) is 12.4 Å². The molecule has 31 heavy (non-hydrogen) atoms. The summed E-state index contributed by atoms with van der Waals surface area (Å²) < 4.78 is 20.8. The van der Waals surface area contributed by atoms with E-state index in [4.69, 9.17) is 16.3 Å². The molecule has 2 aromatic carbocycles. The van der Waals surface area contributed by atoms with E-state index in [2.05, 4.69) is 15.1 Å². The highest BCUT2D eigenvalue weighted by molar-refractivity contribution is 6.30. The summed E-state index contributed by atoms with van der Waals surface area (Å²) in [6.45, 7) is 2.70. The van der Waals surface area contributed by atoms with Crippen molar-refractivity contribution in [1.29, 1.82) is 0 Å². The fourth-order valence-electron chi connectivity index (χ4n) is 3.71. The Labute approximate surface area is 185 Å². The molecule has 1 fully saturated rings. The van der Waals surface area contributed by atoms with E-state index in [1.54, 1.807) is 24.1 Å². The molecule has 0 aliphatic carbocycles. The molecule has 0 bridgehead atoms. The van der Waals surface area contributed by atoms with Gasteiger partial charge < -0.3 is 14.5 Å². The van der Waals surface area contributed by atoms with Crippen LogP contribution in [-0.2, 0) is 11.3 Å². The zero-order valence-corrected chi connectivity index (χ0v) is 17.9. The number of amides is 1. The average molecular weight is 444 g/mol. The summed E-state index contributed by atoms with van der Waals surface area (Å²) in [5, 5.41) is 9.37. The lowest BCUT2D eigenvalue weighted by atomic mass is 10.2. The lowest BCUT2D eigenvalue weighted by Gasteiger charge is -2.23. The molecule has 9 heteroatoms. The van der Waals surface area contributed by atoms with E-state index in [9.17, 15) is 9.18 Å². The standard InChI is InChI=1S/C22H23ClFN5O2/c1-31-15-20-25-26-22(29(20)19-8-6-17(23)7-9-19)28-11-3-10-27(12-13-28)21(30)16-4-2-5-18(24)14-16/h2,4-9,14H,3,10-13,15H2,1H3. The first kappa shape index (κ1) is 21.3. The molecule has 1 aliphatic heterocycles. The molecule has 1 saturated heterocycles. The Balaban J connectivity index is 1.57. The number of rotatable bonds is 5. The number of carbonyl (C=O) groups is 1. The van der Waals surface area contributed by atoms with Crippen LogP contribution in [0, 0.1) is 5.82 Å². The number of carbonyl (C=O) groups excluding carboxylic acids is 1. The van der Waals surface area contributed by atoms with Gasteiger partial charge in [-0.3, -0.25) is 9.36 Å². The van der Waals surface area contributed by atoms with E-state index in [1.165, 1.54) is 12.1 Å². The monoisotopic (exact) mass is 443 g/mol. The van der Waals surface area contributed by atoms with Crippen molar-refractivity contribution in [1.82, 2.24) is 19.7 Å². The summed E-state index contributed by atoms with van der Waals surface area (Å²) in [7, 11) is 1.61. The van der Waals surface area contributed by atoms with Gasteiger partial charge in [0.05, 0.1) is 5.69 Å². The van der Waals surface area contributed by atoms with Crippen molar-refractivity contribution >= 4 is 23.5 Å². The van der Waals surface area contributed by atoms with Crippen LogP contribution in [0.2, 0.25) is 5.02 Å². The first-order valence-electron chi connectivity index (χ1n) is 10.1. The van der Waals surface area contributed by atoms with Crippen molar-refractivity contribution in [2.45, 2.75) is 13.0 Å². The minimum atomic E-state index is -0.413. The third kappa shape index (κ3) is 4.70. The number of hydrogen-bond acceptors (Lipinski definition) is 5. The van der Waals surface area contributed by atoms with Gasteiger partial charge in [0.25, 0.3) is 5.91 Å². The summed E-state index contributed by atoms with van der Waals surface area (Å²) in [6, 6.07) is 13.3. The van der Waals surface area contributed by atoms with Crippen molar-refractivity contribution in [3.63, 3.8) is 0 Å². The number of anilines is 1. The Hall–Kier alpha value is -2.97. The lowest BCUT2D eigenvalue weighted by molar-refractivity contribution is 0.0766. The summed E-state index contributed by atoms with van der Waals surface area (Å²) >= 11 is 6.05. The van der Waals surface area contributed by atoms with Crippen LogP contribution in [0.25, 0.3) is 5.69 Å². The third-order valence-electron chi connectivity index (χ3n) is 5.21. The van der Waals surface area contributed by atoms with Gasteiger partial charge in [-0.15, -0.1) is 10.2 Å². The number of benzene rings is 2. The third-order valence-corrected chi connectivity index (χ3v) is 5.46. The van der Waals surface area contributed by atoms with Crippen LogP contribution in [0.5, 0.6) is 0 Å². The second-order valence-corrected chi connectivity index (χ2v) is 7.74. The first-order chi connectivity index (χ1) is 15.1. The molecule has 1 aromatic heterocycles. The number of nitrogens with zero attached hydrogens (tertiary/aromatic N) is 5. The molecule has 0 unspecified atom stereocenters. The number of halogens is 2. The smallest absolute Gasteiger partial charge is 0.254 e. The number of ether oxygens (including phenoxy) is 1. The summed E-state index contributed by atoms with van der Waals surface area (Å²) in [5.41, 5.74) is 1.24. The van der Waals surface area contributed by atoms with Crippen molar-refractivity contribution in [2.24, 2.45) is 0 Å². The zero-order valence-electron chi connectivity index (χ0n) is 17.2. The Kier molecular flexibility index (Phi) is 6.48. The molecule has 4 rings (SSSR count). The summed E-state index contributed by atoms with van der Waals surface area (Å²) in [5.74, 6) is 0.788. The molecule has 0 spiro atoms. The van der Waals surface area contributed by atoms with Crippen LogP contribution < -0.4 is 4.90 Å². The van der Waals surface area contributed by atoms with Gasteiger partial charge in [-0.1, -0.05) is 17.7 Å². The minimum absolute atomic E-state index is 0.166. The molecular formula is C22H23ClFN5O2. The number of hydrogen-bond donors (Lipinski definition) is 0. The average Bonchev–Trinajstić information content (AvgIpc) is 3.02. The van der Waals surface area contributed by atoms with Crippen LogP contribution in [-0.4, -0.2) is 58.9 Å². The predicted molar refractivity (Wildman–Crippen MR) is 116 cm³/mol. The van der Waals surface area contributed by atoms with Gasteiger partial charge in [-0.2, -0.15) is 0 Å². The SMILES string of the molecule is COCc1nnc(N2CCCN(C(=O)c3cccc(F)c3)CC2)n1-c1ccc(Cl)cc1. The van der Waals surface area contributed by atoms with E-state index in [0.29, 0.717) is 55.1 Å². The van der Waals surface area contributed by atoms with Gasteiger partial charge in [0.2, 0.25) is 5.95 Å². The highest BCUT2D eigenvalue weighted by Crippen LogP contribution is 2.24. The molecule has 162 valence electrons. The number of aromatic nitrogens is 3. The van der Waals surface area contributed by atoms with E-state index >= 15 is 0 Å². The fraction of sp³-hybridized carbons (Fsp3) is 0.318. The molecule has 1 aliphatic rings. The molecule has 0 radical (unpaired) electrons. The molecule has 1 amide bonds. The number of methoxy groups -OCH3 is 1. The molecule has 0 saturated carbocycles. The van der Waals surface area contributed by atoms with E-state index in [0.717, 1.165) is 12.1 Å². The Morgan fingerprint density at radius 3 is 2.65 bits per heavy atom. The van der Waals surface area contributed by atoms with Gasteiger partial charge >= 0.3 is 0 Å². The Bertz CT molecular complexity index is 1060. The van der Waals surface area contributed by atoms with Crippen molar-refractivity contribution in [3.05, 3.63) is 70.8 Å².